The molecule has 0 aliphatic heterocycles. The molecule has 0 unspecified atom stereocenters. The third kappa shape index (κ3) is 4.71. The highest BCUT2D eigenvalue weighted by Crippen LogP contribution is 2.38. The van der Waals surface area contributed by atoms with Gasteiger partial charge in [0.25, 0.3) is 5.91 Å². The van der Waals surface area contributed by atoms with E-state index in [1.54, 1.807) is 6.08 Å². The number of hydrogen-bond donors (Lipinski definition) is 1. The van der Waals surface area contributed by atoms with Gasteiger partial charge in [0.1, 0.15) is 0 Å². The van der Waals surface area contributed by atoms with Gasteiger partial charge >= 0.3 is 5.97 Å². The Bertz CT molecular complexity index is 905. The largest absolute Gasteiger partial charge is 0.452 e. The maximum atomic E-state index is 12.1. The lowest BCUT2D eigenvalue weighted by Gasteiger charge is -2.13. The minimum atomic E-state index is -0.525. The van der Waals surface area contributed by atoms with Crippen molar-refractivity contribution in [2.45, 2.75) is 52.5 Å². The molecule has 1 saturated carbocycles. The molecule has 5 nitrogen and oxygen atoms in total. The fraction of sp³-hybridized carbons (Fsp3) is 0.391. The summed E-state index contributed by atoms with van der Waals surface area (Å²) in [4.78, 5) is 24.1. The van der Waals surface area contributed by atoms with Gasteiger partial charge in [0.05, 0.1) is 0 Å². The average molecular weight is 380 g/mol. The lowest BCUT2D eigenvalue weighted by Crippen LogP contribution is -2.21. The quantitative estimate of drug-likeness (QED) is 0.556. The number of carbonyl (C=O) groups excluding carboxylic acids is 2. The fourth-order valence-corrected chi connectivity index (χ4v) is 3.51. The van der Waals surface area contributed by atoms with E-state index < -0.39 is 5.97 Å². The van der Waals surface area contributed by atoms with Crippen molar-refractivity contribution in [3.63, 3.8) is 0 Å². The van der Waals surface area contributed by atoms with Crippen LogP contribution in [0.5, 0.6) is 0 Å². The summed E-state index contributed by atoms with van der Waals surface area (Å²) in [5.41, 5.74) is 5.18. The van der Waals surface area contributed by atoms with E-state index in [0.717, 1.165) is 22.5 Å². The standard InChI is InChI=1S/C23H28N2O3/c1-15(2)20-7-5-6-8-21(20)24-22(26)14-28-23(27)12-9-18-13-16(3)25(17(18)4)19-10-11-19/h5-9,12-13,15,19H,10-11,14H2,1-4H3,(H,24,26)/b12-9+. The van der Waals surface area contributed by atoms with E-state index in [-0.39, 0.29) is 18.4 Å². The van der Waals surface area contributed by atoms with E-state index in [0.29, 0.717) is 6.04 Å². The number of para-hydroxylation sites is 1. The van der Waals surface area contributed by atoms with Crippen LogP contribution in [-0.2, 0) is 14.3 Å². The Balaban J connectivity index is 1.54. The second kappa shape index (κ2) is 8.46. The lowest BCUT2D eigenvalue weighted by molar-refractivity contribution is -0.142. The van der Waals surface area contributed by atoms with Gasteiger partial charge in [0.15, 0.2) is 6.61 Å². The number of rotatable bonds is 7. The molecule has 0 spiro atoms. The fourth-order valence-electron chi connectivity index (χ4n) is 3.51. The zero-order valence-corrected chi connectivity index (χ0v) is 17.0. The lowest BCUT2D eigenvalue weighted by atomic mass is 10.0. The smallest absolute Gasteiger partial charge is 0.331 e. The maximum Gasteiger partial charge on any atom is 0.331 e. The van der Waals surface area contributed by atoms with Crippen molar-refractivity contribution in [1.82, 2.24) is 4.57 Å². The summed E-state index contributed by atoms with van der Waals surface area (Å²) in [6.07, 6.45) is 5.58. The van der Waals surface area contributed by atoms with Gasteiger partial charge in [-0.15, -0.1) is 0 Å². The number of carbonyl (C=O) groups is 2. The number of aryl methyl sites for hydroxylation is 1. The van der Waals surface area contributed by atoms with Crippen LogP contribution in [0.25, 0.3) is 6.08 Å². The molecule has 1 heterocycles. The zero-order chi connectivity index (χ0) is 20.3. The van der Waals surface area contributed by atoms with Crippen molar-refractivity contribution in [3.8, 4) is 0 Å². The van der Waals surface area contributed by atoms with Crippen molar-refractivity contribution in [2.24, 2.45) is 0 Å². The molecule has 0 radical (unpaired) electrons. The van der Waals surface area contributed by atoms with Crippen LogP contribution in [0, 0.1) is 13.8 Å². The van der Waals surface area contributed by atoms with Gasteiger partial charge in [0, 0.05) is 29.2 Å². The monoisotopic (exact) mass is 380 g/mol. The number of benzene rings is 1. The van der Waals surface area contributed by atoms with Crippen molar-refractivity contribution >= 4 is 23.6 Å². The van der Waals surface area contributed by atoms with Crippen molar-refractivity contribution in [1.29, 1.82) is 0 Å². The van der Waals surface area contributed by atoms with Crippen LogP contribution in [0.2, 0.25) is 0 Å². The highest BCUT2D eigenvalue weighted by Gasteiger charge is 2.26. The molecule has 1 amide bonds. The van der Waals surface area contributed by atoms with Crippen LogP contribution in [0.15, 0.2) is 36.4 Å². The van der Waals surface area contributed by atoms with Gasteiger partial charge in [-0.1, -0.05) is 32.0 Å². The number of nitrogens with one attached hydrogen (secondary N) is 1. The summed E-state index contributed by atoms with van der Waals surface area (Å²) in [5, 5.41) is 2.82. The summed E-state index contributed by atoms with van der Waals surface area (Å²) >= 11 is 0. The number of anilines is 1. The minimum absolute atomic E-state index is 0.289. The van der Waals surface area contributed by atoms with E-state index in [4.69, 9.17) is 4.74 Å². The van der Waals surface area contributed by atoms with Gasteiger partial charge in [-0.2, -0.15) is 0 Å². The van der Waals surface area contributed by atoms with Gasteiger partial charge in [-0.25, -0.2) is 4.79 Å². The molecule has 1 aliphatic carbocycles. The third-order valence-corrected chi connectivity index (χ3v) is 5.04. The minimum Gasteiger partial charge on any atom is -0.452 e. The summed E-state index contributed by atoms with van der Waals surface area (Å²) in [6, 6.07) is 10.3. The number of nitrogens with zero attached hydrogens (tertiary/aromatic N) is 1. The molecule has 1 N–H and O–H groups in total. The summed E-state index contributed by atoms with van der Waals surface area (Å²) in [7, 11) is 0. The summed E-state index contributed by atoms with van der Waals surface area (Å²) in [5.74, 6) is -0.582. The molecule has 0 bridgehead atoms. The molecule has 1 aromatic carbocycles. The topological polar surface area (TPSA) is 60.3 Å². The summed E-state index contributed by atoms with van der Waals surface area (Å²) < 4.78 is 7.41. The van der Waals surface area contributed by atoms with E-state index in [2.05, 4.69) is 43.6 Å². The molecular formula is C23H28N2O3. The molecule has 28 heavy (non-hydrogen) atoms. The number of hydrogen-bond acceptors (Lipinski definition) is 3. The van der Waals surface area contributed by atoms with E-state index in [1.807, 2.05) is 24.3 Å². The van der Waals surface area contributed by atoms with E-state index >= 15 is 0 Å². The first-order chi connectivity index (χ1) is 13.4. The van der Waals surface area contributed by atoms with Crippen molar-refractivity contribution in [2.75, 3.05) is 11.9 Å². The number of ether oxygens (including phenoxy) is 1. The number of amides is 1. The Hall–Kier alpha value is -2.82. The Morgan fingerprint density at radius 2 is 1.96 bits per heavy atom. The molecular weight excluding hydrogens is 352 g/mol. The molecule has 1 aromatic heterocycles. The second-order valence-corrected chi connectivity index (χ2v) is 7.66. The van der Waals surface area contributed by atoms with Gasteiger partial charge in [-0.3, -0.25) is 4.79 Å². The Labute approximate surface area is 166 Å². The highest BCUT2D eigenvalue weighted by atomic mass is 16.5. The van der Waals surface area contributed by atoms with Crippen LogP contribution in [0.4, 0.5) is 5.69 Å². The molecule has 2 aromatic rings. The predicted molar refractivity (Wildman–Crippen MR) is 111 cm³/mol. The van der Waals surface area contributed by atoms with E-state index in [9.17, 15) is 9.59 Å². The number of esters is 1. The Morgan fingerprint density at radius 3 is 2.64 bits per heavy atom. The van der Waals surface area contributed by atoms with Gasteiger partial charge < -0.3 is 14.6 Å². The SMILES string of the molecule is Cc1cc(/C=C/C(=O)OCC(=O)Nc2ccccc2C(C)C)c(C)n1C1CC1. The zero-order valence-electron chi connectivity index (χ0n) is 17.0. The van der Waals surface area contributed by atoms with Crippen molar-refractivity contribution in [3.05, 3.63) is 58.9 Å². The molecule has 0 atom stereocenters. The first kappa shape index (κ1) is 19.9. The van der Waals surface area contributed by atoms with E-state index in [1.165, 1.54) is 24.6 Å². The maximum absolute atomic E-state index is 12.1. The molecule has 0 saturated heterocycles. The first-order valence-corrected chi connectivity index (χ1v) is 9.79. The highest BCUT2D eigenvalue weighted by molar-refractivity contribution is 5.95. The van der Waals surface area contributed by atoms with Crippen LogP contribution >= 0.6 is 0 Å². The molecule has 148 valence electrons. The van der Waals surface area contributed by atoms with Crippen LogP contribution in [0.1, 0.15) is 61.2 Å². The molecule has 3 rings (SSSR count). The molecule has 5 heteroatoms. The second-order valence-electron chi connectivity index (χ2n) is 7.66. The Kier molecular flexibility index (Phi) is 6.02. The molecule has 1 fully saturated rings. The van der Waals surface area contributed by atoms with Crippen molar-refractivity contribution < 1.29 is 14.3 Å². The number of aromatic nitrogens is 1. The average Bonchev–Trinajstić information content (AvgIpc) is 3.44. The van der Waals surface area contributed by atoms with Crippen LogP contribution in [-0.4, -0.2) is 23.1 Å². The normalized spacial score (nSPS) is 13.9. The van der Waals surface area contributed by atoms with Crippen LogP contribution in [0.3, 0.4) is 0 Å². The first-order valence-electron chi connectivity index (χ1n) is 9.79. The van der Waals surface area contributed by atoms with Gasteiger partial charge in [-0.05, 0) is 61.9 Å². The molecule has 1 aliphatic rings. The summed E-state index contributed by atoms with van der Waals surface area (Å²) in [6.45, 7) is 7.97. The third-order valence-electron chi connectivity index (χ3n) is 5.04. The van der Waals surface area contributed by atoms with Gasteiger partial charge in [0.2, 0.25) is 0 Å². The van der Waals surface area contributed by atoms with Crippen LogP contribution < -0.4 is 5.32 Å². The Morgan fingerprint density at radius 1 is 1.25 bits per heavy atom. The predicted octanol–water partition coefficient (Wildman–Crippen LogP) is 4.76.